The van der Waals surface area contributed by atoms with Crippen molar-refractivity contribution in [1.82, 2.24) is 0 Å². The van der Waals surface area contributed by atoms with E-state index in [4.69, 9.17) is 5.11 Å². The minimum absolute atomic E-state index is 0.327. The van der Waals surface area contributed by atoms with Crippen LogP contribution in [0, 0.1) is 0 Å². The fourth-order valence-corrected chi connectivity index (χ4v) is 1.51. The van der Waals surface area contributed by atoms with Crippen LogP contribution in [0.4, 0.5) is 5.69 Å². The van der Waals surface area contributed by atoms with Crippen LogP contribution in [-0.4, -0.2) is 24.7 Å². The van der Waals surface area contributed by atoms with Crippen molar-refractivity contribution in [2.24, 2.45) is 0 Å². The van der Waals surface area contributed by atoms with Crippen molar-refractivity contribution in [3.05, 3.63) is 28.7 Å². The molecule has 1 aromatic rings. The maximum atomic E-state index is 11.1. The molecule has 0 radical (unpaired) electrons. The monoisotopic (exact) mass is 243 g/mol. The first-order chi connectivity index (χ1) is 6.16. The van der Waals surface area contributed by atoms with E-state index in [9.17, 15) is 4.79 Å². The van der Waals surface area contributed by atoms with Crippen molar-refractivity contribution >= 4 is 27.5 Å². The van der Waals surface area contributed by atoms with Gasteiger partial charge in [-0.1, -0.05) is 12.1 Å². The lowest BCUT2D eigenvalue weighted by molar-refractivity contribution is -0.120. The highest BCUT2D eigenvalue weighted by Gasteiger charge is 2.11. The normalized spacial score (nSPS) is 9.77. The van der Waals surface area contributed by atoms with Crippen molar-refractivity contribution in [1.29, 1.82) is 0 Å². The van der Waals surface area contributed by atoms with Crippen LogP contribution >= 0.6 is 15.9 Å². The summed E-state index contributed by atoms with van der Waals surface area (Å²) in [5.74, 6) is -0.327. The standard InChI is InChI=1S/C9H10BrNO2/c1-11(9(13)6-12)8-5-3-2-4-7(8)10/h2-5,12H,6H2,1H3. The molecule has 3 nitrogen and oxygen atoms in total. The van der Waals surface area contributed by atoms with Gasteiger partial charge in [-0.3, -0.25) is 4.79 Å². The molecule has 4 heteroatoms. The fourth-order valence-electron chi connectivity index (χ4n) is 0.964. The second-order valence-corrected chi connectivity index (χ2v) is 3.42. The Balaban J connectivity index is 2.95. The van der Waals surface area contributed by atoms with Gasteiger partial charge in [0.25, 0.3) is 5.91 Å². The summed E-state index contributed by atoms with van der Waals surface area (Å²) in [5.41, 5.74) is 0.751. The maximum Gasteiger partial charge on any atom is 0.252 e. The van der Waals surface area contributed by atoms with E-state index in [-0.39, 0.29) is 5.91 Å². The highest BCUT2D eigenvalue weighted by molar-refractivity contribution is 9.10. The second kappa shape index (κ2) is 4.39. The molecular weight excluding hydrogens is 234 g/mol. The molecule has 1 aromatic carbocycles. The molecule has 0 unspecified atom stereocenters. The molecule has 0 atom stereocenters. The number of carbonyl (C=O) groups excluding carboxylic acids is 1. The van der Waals surface area contributed by atoms with Gasteiger partial charge >= 0.3 is 0 Å². The highest BCUT2D eigenvalue weighted by atomic mass is 79.9. The van der Waals surface area contributed by atoms with Crippen LogP contribution in [0.1, 0.15) is 0 Å². The van der Waals surface area contributed by atoms with Gasteiger partial charge in [-0.25, -0.2) is 0 Å². The topological polar surface area (TPSA) is 40.5 Å². The number of para-hydroxylation sites is 1. The Bertz CT molecular complexity index is 314. The number of hydrogen-bond donors (Lipinski definition) is 1. The molecule has 0 fully saturated rings. The highest BCUT2D eigenvalue weighted by Crippen LogP contribution is 2.24. The number of amides is 1. The third kappa shape index (κ3) is 2.29. The van der Waals surface area contributed by atoms with E-state index in [1.54, 1.807) is 13.1 Å². The van der Waals surface area contributed by atoms with Gasteiger partial charge < -0.3 is 10.0 Å². The zero-order chi connectivity index (χ0) is 9.84. The molecule has 0 saturated carbocycles. The number of likely N-dealkylation sites (N-methyl/N-ethyl adjacent to an activating group) is 1. The summed E-state index contributed by atoms with van der Waals surface area (Å²) in [4.78, 5) is 12.5. The fraction of sp³-hybridized carbons (Fsp3) is 0.222. The number of aliphatic hydroxyl groups excluding tert-OH is 1. The summed E-state index contributed by atoms with van der Waals surface area (Å²) in [7, 11) is 1.62. The molecule has 1 rings (SSSR count). The van der Waals surface area contributed by atoms with Crippen LogP contribution in [-0.2, 0) is 4.79 Å². The summed E-state index contributed by atoms with van der Waals surface area (Å²) in [6.45, 7) is -0.474. The van der Waals surface area contributed by atoms with Gasteiger partial charge in [0.2, 0.25) is 0 Å². The lowest BCUT2D eigenvalue weighted by Crippen LogP contribution is -2.29. The van der Waals surface area contributed by atoms with E-state index in [1.165, 1.54) is 4.90 Å². The van der Waals surface area contributed by atoms with Gasteiger partial charge in [-0.15, -0.1) is 0 Å². The SMILES string of the molecule is CN(C(=O)CO)c1ccccc1Br. The molecule has 1 N–H and O–H groups in total. The Kier molecular flexibility index (Phi) is 3.45. The van der Waals surface area contributed by atoms with Crippen LogP contribution in [0.15, 0.2) is 28.7 Å². The number of anilines is 1. The van der Waals surface area contributed by atoms with Gasteiger partial charge in [-0.05, 0) is 28.1 Å². The Morgan fingerprint density at radius 2 is 2.15 bits per heavy atom. The average Bonchev–Trinajstić information content (AvgIpc) is 2.16. The van der Waals surface area contributed by atoms with Crippen LogP contribution in [0.5, 0.6) is 0 Å². The number of rotatable bonds is 2. The van der Waals surface area contributed by atoms with Crippen LogP contribution < -0.4 is 4.90 Å². The predicted octanol–water partition coefficient (Wildman–Crippen LogP) is 1.40. The molecule has 0 aliphatic heterocycles. The number of halogens is 1. The number of hydrogen-bond acceptors (Lipinski definition) is 2. The van der Waals surface area contributed by atoms with E-state index in [2.05, 4.69) is 15.9 Å². The van der Waals surface area contributed by atoms with Gasteiger partial charge in [-0.2, -0.15) is 0 Å². The molecule has 0 aliphatic carbocycles. The van der Waals surface area contributed by atoms with Gasteiger partial charge in [0.1, 0.15) is 6.61 Å². The van der Waals surface area contributed by atoms with Gasteiger partial charge in [0, 0.05) is 11.5 Å². The molecule has 13 heavy (non-hydrogen) atoms. The molecule has 70 valence electrons. The van der Waals surface area contributed by atoms with E-state index in [0.717, 1.165) is 10.2 Å². The minimum Gasteiger partial charge on any atom is -0.387 e. The van der Waals surface area contributed by atoms with Crippen molar-refractivity contribution < 1.29 is 9.90 Å². The first kappa shape index (κ1) is 10.2. The third-order valence-corrected chi connectivity index (χ3v) is 2.39. The summed E-state index contributed by atoms with van der Waals surface area (Å²) in [6, 6.07) is 7.35. The van der Waals surface area contributed by atoms with E-state index in [0.29, 0.717) is 0 Å². The molecule has 0 saturated heterocycles. The van der Waals surface area contributed by atoms with E-state index < -0.39 is 6.61 Å². The van der Waals surface area contributed by atoms with Gasteiger partial charge in [0.15, 0.2) is 0 Å². The number of carbonyl (C=O) groups is 1. The molecular formula is C9H10BrNO2. The Morgan fingerprint density at radius 1 is 1.54 bits per heavy atom. The number of nitrogens with zero attached hydrogens (tertiary/aromatic N) is 1. The number of benzene rings is 1. The second-order valence-electron chi connectivity index (χ2n) is 2.56. The Morgan fingerprint density at radius 3 is 2.69 bits per heavy atom. The average molecular weight is 244 g/mol. The molecule has 1 amide bonds. The summed E-state index contributed by atoms with van der Waals surface area (Å²) >= 11 is 3.32. The Labute approximate surface area is 85.1 Å². The molecule has 0 bridgehead atoms. The summed E-state index contributed by atoms with van der Waals surface area (Å²) in [6.07, 6.45) is 0. The van der Waals surface area contributed by atoms with Crippen LogP contribution in [0.2, 0.25) is 0 Å². The maximum absolute atomic E-state index is 11.1. The minimum atomic E-state index is -0.474. The Hall–Kier alpha value is -0.870. The quantitative estimate of drug-likeness (QED) is 0.854. The predicted molar refractivity (Wildman–Crippen MR) is 54.6 cm³/mol. The first-order valence-electron chi connectivity index (χ1n) is 3.78. The molecule has 0 heterocycles. The first-order valence-corrected chi connectivity index (χ1v) is 4.58. The lowest BCUT2D eigenvalue weighted by atomic mass is 10.3. The molecule has 0 aromatic heterocycles. The van der Waals surface area contributed by atoms with Crippen molar-refractivity contribution in [3.8, 4) is 0 Å². The smallest absolute Gasteiger partial charge is 0.252 e. The lowest BCUT2D eigenvalue weighted by Gasteiger charge is -2.17. The molecule has 0 aliphatic rings. The summed E-state index contributed by atoms with van der Waals surface area (Å²) < 4.78 is 0.833. The van der Waals surface area contributed by atoms with Gasteiger partial charge in [0.05, 0.1) is 5.69 Å². The zero-order valence-electron chi connectivity index (χ0n) is 7.20. The van der Waals surface area contributed by atoms with Crippen LogP contribution in [0.25, 0.3) is 0 Å². The largest absolute Gasteiger partial charge is 0.387 e. The van der Waals surface area contributed by atoms with Crippen molar-refractivity contribution in [2.45, 2.75) is 0 Å². The summed E-state index contributed by atoms with van der Waals surface area (Å²) in [5, 5.41) is 8.65. The van der Waals surface area contributed by atoms with Crippen LogP contribution in [0.3, 0.4) is 0 Å². The third-order valence-electron chi connectivity index (χ3n) is 1.72. The zero-order valence-corrected chi connectivity index (χ0v) is 8.78. The number of aliphatic hydroxyl groups is 1. The molecule has 0 spiro atoms. The van der Waals surface area contributed by atoms with E-state index >= 15 is 0 Å². The van der Waals surface area contributed by atoms with E-state index in [1.807, 2.05) is 18.2 Å². The van der Waals surface area contributed by atoms with Crippen molar-refractivity contribution in [2.75, 3.05) is 18.6 Å². The van der Waals surface area contributed by atoms with Crippen molar-refractivity contribution in [3.63, 3.8) is 0 Å².